The summed E-state index contributed by atoms with van der Waals surface area (Å²) in [5.74, 6) is 0.0297. The van der Waals surface area contributed by atoms with E-state index in [2.05, 4.69) is 25.5 Å². The molecule has 0 atom stereocenters. The first-order valence-electron chi connectivity index (χ1n) is 5.84. The Kier molecular flexibility index (Phi) is 3.62. The van der Waals surface area contributed by atoms with Gasteiger partial charge in [0.15, 0.2) is 4.34 Å². The van der Waals surface area contributed by atoms with E-state index in [9.17, 15) is 9.59 Å². The van der Waals surface area contributed by atoms with Crippen LogP contribution in [-0.2, 0) is 4.79 Å². The molecule has 2 aromatic heterocycles. The van der Waals surface area contributed by atoms with Crippen molar-refractivity contribution >= 4 is 50.9 Å². The number of imidazole rings is 1. The molecule has 5 N–H and O–H groups in total. The number of nitrogens with two attached hydrogens (primary N) is 1. The number of hydrogen-bond donors (Lipinski definition) is 4. The third-order valence-corrected chi connectivity index (χ3v) is 4.43. The molecule has 8 nitrogen and oxygen atoms in total. The second kappa shape index (κ2) is 5.58. The molecule has 3 rings (SSSR count). The summed E-state index contributed by atoms with van der Waals surface area (Å²) < 4.78 is 0.646. The average Bonchev–Trinajstić information content (AvgIpc) is 3.01. The summed E-state index contributed by atoms with van der Waals surface area (Å²) in [7, 11) is 0. The van der Waals surface area contributed by atoms with Crippen molar-refractivity contribution < 1.29 is 4.79 Å². The second-order valence-corrected chi connectivity index (χ2v) is 6.31. The minimum absolute atomic E-state index is 0.175. The molecule has 0 unspecified atom stereocenters. The summed E-state index contributed by atoms with van der Waals surface area (Å²) in [5.41, 5.74) is 7.13. The van der Waals surface area contributed by atoms with Crippen LogP contribution in [0.2, 0.25) is 0 Å². The summed E-state index contributed by atoms with van der Waals surface area (Å²) in [5, 5.41) is 10.6. The zero-order valence-corrected chi connectivity index (χ0v) is 12.2. The summed E-state index contributed by atoms with van der Waals surface area (Å²) in [4.78, 5) is 28.3. The number of rotatable bonds is 4. The number of carbonyl (C=O) groups is 1. The average molecular weight is 322 g/mol. The first-order valence-corrected chi connectivity index (χ1v) is 7.64. The lowest BCUT2D eigenvalue weighted by atomic mass is 10.3. The number of aromatic amines is 2. The smallest absolute Gasteiger partial charge is 0.323 e. The number of nitrogens with one attached hydrogen (secondary N) is 3. The van der Waals surface area contributed by atoms with E-state index in [1.807, 2.05) is 0 Å². The van der Waals surface area contributed by atoms with E-state index < -0.39 is 0 Å². The fourth-order valence-corrected chi connectivity index (χ4v) is 3.15. The van der Waals surface area contributed by atoms with Crippen molar-refractivity contribution in [1.82, 2.24) is 20.2 Å². The lowest BCUT2D eigenvalue weighted by Gasteiger charge is -2.03. The molecule has 108 valence electrons. The molecule has 0 aliphatic rings. The first kappa shape index (κ1) is 13.6. The Hall–Kier alpha value is -2.33. The van der Waals surface area contributed by atoms with Gasteiger partial charge >= 0.3 is 5.69 Å². The Morgan fingerprint density at radius 3 is 2.90 bits per heavy atom. The Balaban J connectivity index is 1.64. The van der Waals surface area contributed by atoms with Gasteiger partial charge in [-0.15, -0.1) is 10.2 Å². The lowest BCUT2D eigenvalue weighted by Crippen LogP contribution is -2.13. The molecule has 0 aliphatic heterocycles. The molecule has 0 saturated heterocycles. The Morgan fingerprint density at radius 2 is 2.14 bits per heavy atom. The number of anilines is 2. The molecule has 0 fully saturated rings. The molecular formula is C11H10N6O2S2. The van der Waals surface area contributed by atoms with Crippen LogP contribution in [0.3, 0.4) is 0 Å². The van der Waals surface area contributed by atoms with E-state index >= 15 is 0 Å². The van der Waals surface area contributed by atoms with Crippen molar-refractivity contribution in [3.8, 4) is 0 Å². The highest BCUT2D eigenvalue weighted by molar-refractivity contribution is 8.01. The Bertz CT molecular complexity index is 852. The molecule has 3 aromatic rings. The molecule has 0 saturated carbocycles. The summed E-state index contributed by atoms with van der Waals surface area (Å²) >= 11 is 2.50. The van der Waals surface area contributed by atoms with Crippen LogP contribution in [0.15, 0.2) is 27.3 Å². The van der Waals surface area contributed by atoms with Crippen LogP contribution in [0, 0.1) is 0 Å². The number of H-pyrrole nitrogens is 2. The van der Waals surface area contributed by atoms with Gasteiger partial charge in [-0.2, -0.15) is 0 Å². The third-order valence-electron chi connectivity index (χ3n) is 2.55. The van der Waals surface area contributed by atoms with Crippen LogP contribution in [0.1, 0.15) is 0 Å². The van der Waals surface area contributed by atoms with E-state index in [-0.39, 0.29) is 17.3 Å². The largest absolute Gasteiger partial charge is 0.374 e. The monoisotopic (exact) mass is 322 g/mol. The zero-order valence-electron chi connectivity index (χ0n) is 10.5. The van der Waals surface area contributed by atoms with Gasteiger partial charge < -0.3 is 21.0 Å². The van der Waals surface area contributed by atoms with Crippen molar-refractivity contribution in [3.63, 3.8) is 0 Å². The van der Waals surface area contributed by atoms with Gasteiger partial charge in [-0.25, -0.2) is 4.79 Å². The number of nitrogen functional groups attached to an aromatic ring is 1. The molecule has 0 radical (unpaired) electrons. The minimum Gasteiger partial charge on any atom is -0.374 e. The molecule has 0 spiro atoms. The number of thioether (sulfide) groups is 1. The van der Waals surface area contributed by atoms with Crippen LogP contribution in [0.5, 0.6) is 0 Å². The summed E-state index contributed by atoms with van der Waals surface area (Å²) in [6.07, 6.45) is 0. The highest BCUT2D eigenvalue weighted by Crippen LogP contribution is 2.23. The van der Waals surface area contributed by atoms with Gasteiger partial charge in [-0.3, -0.25) is 4.79 Å². The van der Waals surface area contributed by atoms with E-state index in [0.717, 1.165) is 0 Å². The SMILES string of the molecule is Nc1nnc(SCC(=O)Nc2ccc3[nH]c(=O)[nH]c3c2)s1. The number of carbonyl (C=O) groups excluding carboxylic acids is 1. The van der Waals surface area contributed by atoms with Gasteiger partial charge in [0.1, 0.15) is 0 Å². The maximum atomic E-state index is 11.8. The first-order chi connectivity index (χ1) is 10.1. The molecule has 21 heavy (non-hydrogen) atoms. The number of amides is 1. The van der Waals surface area contributed by atoms with Crippen molar-refractivity contribution in [2.24, 2.45) is 0 Å². The molecule has 0 aliphatic carbocycles. The minimum atomic E-state index is -0.280. The van der Waals surface area contributed by atoms with Crippen molar-refractivity contribution in [2.45, 2.75) is 4.34 Å². The second-order valence-electron chi connectivity index (χ2n) is 4.08. The predicted octanol–water partition coefficient (Wildman–Crippen LogP) is 1.02. The zero-order chi connectivity index (χ0) is 14.8. The van der Waals surface area contributed by atoms with Crippen LogP contribution >= 0.6 is 23.1 Å². The maximum absolute atomic E-state index is 11.8. The number of nitrogens with zero attached hydrogens (tertiary/aromatic N) is 2. The van der Waals surface area contributed by atoms with Gasteiger partial charge in [0, 0.05) is 5.69 Å². The highest BCUT2D eigenvalue weighted by Gasteiger charge is 2.08. The number of aromatic nitrogens is 4. The van der Waals surface area contributed by atoms with Crippen LogP contribution in [0.25, 0.3) is 11.0 Å². The predicted molar refractivity (Wildman–Crippen MR) is 82.6 cm³/mol. The van der Waals surface area contributed by atoms with Crippen LogP contribution < -0.4 is 16.7 Å². The van der Waals surface area contributed by atoms with Crippen molar-refractivity contribution in [3.05, 3.63) is 28.7 Å². The van der Waals surface area contributed by atoms with Gasteiger partial charge in [-0.05, 0) is 18.2 Å². The molecule has 1 aromatic carbocycles. The Morgan fingerprint density at radius 1 is 1.33 bits per heavy atom. The van der Waals surface area contributed by atoms with Crippen molar-refractivity contribution in [1.29, 1.82) is 0 Å². The topological polar surface area (TPSA) is 130 Å². The van der Waals surface area contributed by atoms with Gasteiger partial charge in [0.2, 0.25) is 11.0 Å². The molecule has 1 amide bonds. The quantitative estimate of drug-likeness (QED) is 0.531. The van der Waals surface area contributed by atoms with E-state index in [0.29, 0.717) is 26.2 Å². The van der Waals surface area contributed by atoms with Crippen LogP contribution in [0.4, 0.5) is 10.8 Å². The molecule has 2 heterocycles. The number of fused-ring (bicyclic) bond motifs is 1. The Labute approximate surface area is 126 Å². The number of benzene rings is 1. The normalized spacial score (nSPS) is 10.9. The summed E-state index contributed by atoms with van der Waals surface area (Å²) in [6, 6.07) is 5.14. The van der Waals surface area contributed by atoms with Gasteiger partial charge in [-0.1, -0.05) is 23.1 Å². The van der Waals surface area contributed by atoms with Gasteiger partial charge in [0.05, 0.1) is 16.8 Å². The van der Waals surface area contributed by atoms with Crippen molar-refractivity contribution in [2.75, 3.05) is 16.8 Å². The summed E-state index contributed by atoms with van der Waals surface area (Å²) in [6.45, 7) is 0. The molecule has 0 bridgehead atoms. The standard InChI is InChI=1S/C11H10N6O2S2/c12-9-16-17-11(21-9)20-4-8(18)13-5-1-2-6-7(3-5)15-10(19)14-6/h1-3H,4H2,(H2,12,16)(H,13,18)(H2,14,15,19). The van der Waals surface area contributed by atoms with Gasteiger partial charge in [0.25, 0.3) is 0 Å². The fourth-order valence-electron chi connectivity index (χ4n) is 1.71. The number of hydrogen-bond acceptors (Lipinski definition) is 7. The third kappa shape index (κ3) is 3.23. The molecule has 10 heteroatoms. The van der Waals surface area contributed by atoms with E-state index in [1.165, 1.54) is 23.1 Å². The van der Waals surface area contributed by atoms with E-state index in [4.69, 9.17) is 5.73 Å². The fraction of sp³-hybridized carbons (Fsp3) is 0.0909. The van der Waals surface area contributed by atoms with Crippen LogP contribution in [-0.4, -0.2) is 31.8 Å². The lowest BCUT2D eigenvalue weighted by molar-refractivity contribution is -0.113. The highest BCUT2D eigenvalue weighted by atomic mass is 32.2. The van der Waals surface area contributed by atoms with E-state index in [1.54, 1.807) is 18.2 Å². The maximum Gasteiger partial charge on any atom is 0.323 e. The molecular weight excluding hydrogens is 312 g/mol.